The topological polar surface area (TPSA) is 38.3 Å². The maximum Gasteiger partial charge on any atom is 0.408 e. The van der Waals surface area contributed by atoms with Crippen LogP contribution in [0.5, 0.6) is 0 Å². The largest absolute Gasteiger partial charge is 0.444 e. The van der Waals surface area contributed by atoms with Gasteiger partial charge in [-0.05, 0) is 51.2 Å². The van der Waals surface area contributed by atoms with Gasteiger partial charge in [0.05, 0.1) is 6.04 Å². The Morgan fingerprint density at radius 1 is 1.33 bits per heavy atom. The third-order valence-electron chi connectivity index (χ3n) is 3.06. The quantitative estimate of drug-likeness (QED) is 0.823. The van der Waals surface area contributed by atoms with Crippen LogP contribution < -0.4 is 5.32 Å². The fraction of sp³-hybridized carbons (Fsp3) is 0.533. The summed E-state index contributed by atoms with van der Waals surface area (Å²) in [5.74, 6) is 0. The molecule has 1 atom stereocenters. The van der Waals surface area contributed by atoms with Crippen LogP contribution in [0.4, 0.5) is 4.79 Å². The molecule has 0 saturated carbocycles. The standard InChI is InChI=1S/C15H21NO2/c1-15(2,3)18-14(17)16-13-10-6-8-11-7-4-5-9-12(11)13/h4-5,7,9,13H,6,8,10H2,1-3H3,(H,16,17)/t13-/m1/s1. The Balaban J connectivity index is 2.05. The third kappa shape index (κ3) is 3.25. The molecule has 0 radical (unpaired) electrons. The number of aryl methyl sites for hydroxylation is 1. The molecule has 0 heterocycles. The molecule has 1 aromatic carbocycles. The van der Waals surface area contributed by atoms with E-state index in [1.165, 1.54) is 11.1 Å². The van der Waals surface area contributed by atoms with Gasteiger partial charge in [-0.15, -0.1) is 0 Å². The Bertz CT molecular complexity index is 434. The highest BCUT2D eigenvalue weighted by Crippen LogP contribution is 2.29. The first-order chi connectivity index (χ1) is 8.46. The van der Waals surface area contributed by atoms with Crippen LogP contribution in [0.25, 0.3) is 0 Å². The second-order valence-corrected chi connectivity index (χ2v) is 5.79. The molecule has 3 heteroatoms. The van der Waals surface area contributed by atoms with Gasteiger partial charge < -0.3 is 10.1 Å². The van der Waals surface area contributed by atoms with Gasteiger partial charge in [0, 0.05) is 0 Å². The fourth-order valence-electron chi connectivity index (χ4n) is 2.35. The van der Waals surface area contributed by atoms with Crippen molar-refractivity contribution in [1.82, 2.24) is 5.32 Å². The van der Waals surface area contributed by atoms with Crippen LogP contribution in [-0.4, -0.2) is 11.7 Å². The molecule has 2 rings (SSSR count). The minimum Gasteiger partial charge on any atom is -0.444 e. The van der Waals surface area contributed by atoms with Gasteiger partial charge in [-0.1, -0.05) is 24.3 Å². The normalized spacial score (nSPS) is 18.9. The molecule has 98 valence electrons. The average molecular weight is 247 g/mol. The number of rotatable bonds is 1. The average Bonchev–Trinajstić information content (AvgIpc) is 2.27. The van der Waals surface area contributed by atoms with Gasteiger partial charge >= 0.3 is 6.09 Å². The number of carbonyl (C=O) groups excluding carboxylic acids is 1. The van der Waals surface area contributed by atoms with Gasteiger partial charge in [0.1, 0.15) is 5.60 Å². The number of ether oxygens (including phenoxy) is 1. The molecule has 0 bridgehead atoms. The van der Waals surface area contributed by atoms with E-state index in [9.17, 15) is 4.79 Å². The molecular weight excluding hydrogens is 226 g/mol. The molecule has 1 aliphatic rings. The first kappa shape index (κ1) is 12.9. The summed E-state index contributed by atoms with van der Waals surface area (Å²) < 4.78 is 5.31. The number of amides is 1. The van der Waals surface area contributed by atoms with E-state index >= 15 is 0 Å². The van der Waals surface area contributed by atoms with Gasteiger partial charge in [-0.25, -0.2) is 4.79 Å². The lowest BCUT2D eigenvalue weighted by Gasteiger charge is -2.28. The summed E-state index contributed by atoms with van der Waals surface area (Å²) in [6.45, 7) is 5.63. The third-order valence-corrected chi connectivity index (χ3v) is 3.06. The molecule has 0 aromatic heterocycles. The van der Waals surface area contributed by atoms with Crippen molar-refractivity contribution in [3.05, 3.63) is 35.4 Å². The summed E-state index contributed by atoms with van der Waals surface area (Å²) in [5.41, 5.74) is 2.12. The Hall–Kier alpha value is -1.51. The molecule has 1 aliphatic carbocycles. The summed E-state index contributed by atoms with van der Waals surface area (Å²) in [7, 11) is 0. The van der Waals surface area contributed by atoms with Crippen molar-refractivity contribution in [2.75, 3.05) is 0 Å². The summed E-state index contributed by atoms with van der Waals surface area (Å²) in [6, 6.07) is 8.39. The van der Waals surface area contributed by atoms with Crippen LogP contribution in [0.2, 0.25) is 0 Å². The highest BCUT2D eigenvalue weighted by molar-refractivity contribution is 5.68. The maximum atomic E-state index is 11.8. The van der Waals surface area contributed by atoms with Gasteiger partial charge in [0.15, 0.2) is 0 Å². The monoisotopic (exact) mass is 247 g/mol. The zero-order chi connectivity index (χ0) is 13.2. The molecule has 0 unspecified atom stereocenters. The van der Waals surface area contributed by atoms with E-state index in [2.05, 4.69) is 23.5 Å². The van der Waals surface area contributed by atoms with Crippen LogP contribution in [0.1, 0.15) is 50.8 Å². The number of fused-ring (bicyclic) bond motifs is 1. The van der Waals surface area contributed by atoms with E-state index in [4.69, 9.17) is 4.74 Å². The second-order valence-electron chi connectivity index (χ2n) is 5.79. The maximum absolute atomic E-state index is 11.8. The number of hydrogen-bond acceptors (Lipinski definition) is 2. The van der Waals surface area contributed by atoms with Crippen LogP contribution in [-0.2, 0) is 11.2 Å². The first-order valence-corrected chi connectivity index (χ1v) is 6.53. The molecule has 0 aliphatic heterocycles. The minimum atomic E-state index is -0.446. The molecule has 1 aromatic rings. The smallest absolute Gasteiger partial charge is 0.408 e. The Labute approximate surface area is 109 Å². The summed E-state index contributed by atoms with van der Waals surface area (Å²) in [6.07, 6.45) is 2.86. The Morgan fingerprint density at radius 2 is 2.06 bits per heavy atom. The molecule has 1 amide bonds. The molecule has 1 N–H and O–H groups in total. The fourth-order valence-corrected chi connectivity index (χ4v) is 2.35. The van der Waals surface area contributed by atoms with Crippen molar-refractivity contribution >= 4 is 6.09 Å². The predicted octanol–water partition coefficient (Wildman–Crippen LogP) is 3.59. The second kappa shape index (κ2) is 5.01. The molecule has 0 saturated heterocycles. The molecule has 18 heavy (non-hydrogen) atoms. The predicted molar refractivity (Wildman–Crippen MR) is 71.5 cm³/mol. The van der Waals surface area contributed by atoms with E-state index in [-0.39, 0.29) is 12.1 Å². The van der Waals surface area contributed by atoms with E-state index in [1.807, 2.05) is 26.8 Å². The van der Waals surface area contributed by atoms with E-state index < -0.39 is 5.60 Å². The first-order valence-electron chi connectivity index (χ1n) is 6.53. The lowest BCUT2D eigenvalue weighted by Crippen LogP contribution is -2.36. The van der Waals surface area contributed by atoms with Crippen LogP contribution >= 0.6 is 0 Å². The van der Waals surface area contributed by atoms with E-state index in [0.29, 0.717) is 0 Å². The van der Waals surface area contributed by atoms with Crippen LogP contribution in [0, 0.1) is 0 Å². The molecular formula is C15H21NO2. The molecule has 0 fully saturated rings. The van der Waals surface area contributed by atoms with Gasteiger partial charge in [0.2, 0.25) is 0 Å². The van der Waals surface area contributed by atoms with Crippen molar-refractivity contribution < 1.29 is 9.53 Å². The summed E-state index contributed by atoms with van der Waals surface area (Å²) >= 11 is 0. The van der Waals surface area contributed by atoms with Gasteiger partial charge in [-0.2, -0.15) is 0 Å². The van der Waals surface area contributed by atoms with Crippen molar-refractivity contribution in [3.63, 3.8) is 0 Å². The van der Waals surface area contributed by atoms with E-state index in [1.54, 1.807) is 0 Å². The zero-order valence-electron chi connectivity index (χ0n) is 11.3. The summed E-state index contributed by atoms with van der Waals surface area (Å²) in [5, 5.41) is 2.97. The number of nitrogens with one attached hydrogen (secondary N) is 1. The Morgan fingerprint density at radius 3 is 2.78 bits per heavy atom. The summed E-state index contributed by atoms with van der Waals surface area (Å²) in [4.78, 5) is 11.8. The number of carbonyl (C=O) groups is 1. The van der Waals surface area contributed by atoms with Crippen LogP contribution in [0.3, 0.4) is 0 Å². The van der Waals surface area contributed by atoms with Crippen molar-refractivity contribution in [3.8, 4) is 0 Å². The SMILES string of the molecule is CC(C)(C)OC(=O)N[C@@H]1CCCc2ccccc21. The number of hydrogen-bond donors (Lipinski definition) is 1. The molecule has 3 nitrogen and oxygen atoms in total. The number of alkyl carbamates (subject to hydrolysis) is 1. The van der Waals surface area contributed by atoms with E-state index in [0.717, 1.165) is 19.3 Å². The highest BCUT2D eigenvalue weighted by Gasteiger charge is 2.24. The van der Waals surface area contributed by atoms with Crippen molar-refractivity contribution in [1.29, 1.82) is 0 Å². The van der Waals surface area contributed by atoms with Crippen molar-refractivity contribution in [2.45, 2.75) is 51.7 Å². The lowest BCUT2D eigenvalue weighted by atomic mass is 9.88. The highest BCUT2D eigenvalue weighted by atomic mass is 16.6. The zero-order valence-corrected chi connectivity index (χ0v) is 11.3. The number of benzene rings is 1. The molecule has 0 spiro atoms. The minimum absolute atomic E-state index is 0.0878. The van der Waals surface area contributed by atoms with Crippen LogP contribution in [0.15, 0.2) is 24.3 Å². The lowest BCUT2D eigenvalue weighted by molar-refractivity contribution is 0.0498. The van der Waals surface area contributed by atoms with Gasteiger partial charge in [-0.3, -0.25) is 0 Å². The van der Waals surface area contributed by atoms with Gasteiger partial charge in [0.25, 0.3) is 0 Å². The Kier molecular flexibility index (Phi) is 3.60. The van der Waals surface area contributed by atoms with Crippen molar-refractivity contribution in [2.24, 2.45) is 0 Å².